The predicted molar refractivity (Wildman–Crippen MR) is 107 cm³/mol. The predicted octanol–water partition coefficient (Wildman–Crippen LogP) is 2.89. The second-order valence-electron chi connectivity index (χ2n) is 6.67. The smallest absolute Gasteiger partial charge is 0.323 e. The van der Waals surface area contributed by atoms with Crippen molar-refractivity contribution in [2.45, 2.75) is 25.0 Å². The first kappa shape index (κ1) is 20.2. The number of rotatable bonds is 6. The van der Waals surface area contributed by atoms with Crippen LogP contribution in [-0.4, -0.2) is 49.6 Å². The number of hydrogen-bond donors (Lipinski definition) is 1. The summed E-state index contributed by atoms with van der Waals surface area (Å²) in [5.74, 6) is -0.0396. The lowest BCUT2D eigenvalue weighted by molar-refractivity contribution is -0.146. The summed E-state index contributed by atoms with van der Waals surface area (Å²) in [6.07, 6.45) is 0.470. The number of carbonyl (C=O) groups is 2. The first-order valence-corrected chi connectivity index (χ1v) is 9.40. The van der Waals surface area contributed by atoms with Crippen molar-refractivity contribution in [2.75, 3.05) is 20.8 Å². The normalized spacial score (nSPS) is 19.2. The number of esters is 1. The van der Waals surface area contributed by atoms with Gasteiger partial charge in [-0.25, -0.2) is 0 Å². The van der Waals surface area contributed by atoms with Crippen molar-refractivity contribution in [2.24, 2.45) is 0 Å². The number of amides is 1. The highest BCUT2D eigenvalue weighted by Crippen LogP contribution is 2.25. The molecule has 1 N–H and O–H groups in total. The van der Waals surface area contributed by atoms with Gasteiger partial charge in [0, 0.05) is 24.2 Å². The second-order valence-corrected chi connectivity index (χ2v) is 7.07. The molecule has 1 aliphatic rings. The van der Waals surface area contributed by atoms with Crippen molar-refractivity contribution in [3.63, 3.8) is 0 Å². The molecule has 3 rings (SSSR count). The van der Waals surface area contributed by atoms with Crippen molar-refractivity contribution >= 4 is 23.5 Å². The molecule has 0 aromatic heterocycles. The summed E-state index contributed by atoms with van der Waals surface area (Å²) in [4.78, 5) is 27.0. The van der Waals surface area contributed by atoms with Gasteiger partial charge in [0.2, 0.25) is 0 Å². The molecule has 1 aliphatic heterocycles. The number of halogens is 1. The van der Waals surface area contributed by atoms with Gasteiger partial charge in [-0.1, -0.05) is 41.9 Å². The highest BCUT2D eigenvalue weighted by Gasteiger charge is 2.38. The third-order valence-electron chi connectivity index (χ3n) is 4.89. The van der Waals surface area contributed by atoms with Crippen molar-refractivity contribution in [1.82, 2.24) is 10.2 Å². The molecule has 1 fully saturated rings. The molecule has 28 heavy (non-hydrogen) atoms. The number of ether oxygens (including phenoxy) is 2. The molecule has 2 aromatic carbocycles. The van der Waals surface area contributed by atoms with Crippen molar-refractivity contribution in [1.29, 1.82) is 0 Å². The molecule has 148 valence electrons. The van der Waals surface area contributed by atoms with Crippen LogP contribution in [0.4, 0.5) is 0 Å². The van der Waals surface area contributed by atoms with E-state index in [1.807, 2.05) is 35.2 Å². The highest BCUT2D eigenvalue weighted by atomic mass is 35.5. The molecule has 0 saturated carbocycles. The van der Waals surface area contributed by atoms with Gasteiger partial charge in [-0.2, -0.15) is 0 Å². The van der Waals surface area contributed by atoms with Crippen LogP contribution in [0.2, 0.25) is 5.02 Å². The third kappa shape index (κ3) is 4.46. The van der Waals surface area contributed by atoms with Crippen LogP contribution in [0.15, 0.2) is 48.5 Å². The van der Waals surface area contributed by atoms with Gasteiger partial charge in [0.05, 0.1) is 19.8 Å². The van der Waals surface area contributed by atoms with Gasteiger partial charge < -0.3 is 14.8 Å². The van der Waals surface area contributed by atoms with E-state index < -0.39 is 6.04 Å². The number of nitrogens with zero attached hydrogens (tertiary/aromatic N) is 1. The van der Waals surface area contributed by atoms with E-state index in [1.165, 1.54) is 14.2 Å². The Kier molecular flexibility index (Phi) is 6.54. The first-order valence-electron chi connectivity index (χ1n) is 9.02. The van der Waals surface area contributed by atoms with Crippen LogP contribution in [-0.2, 0) is 16.1 Å². The van der Waals surface area contributed by atoms with Crippen molar-refractivity contribution in [3.8, 4) is 5.75 Å². The van der Waals surface area contributed by atoms with Gasteiger partial charge in [0.1, 0.15) is 11.8 Å². The third-order valence-corrected chi connectivity index (χ3v) is 5.26. The van der Waals surface area contributed by atoms with Gasteiger partial charge in [-0.3, -0.25) is 14.5 Å². The SMILES string of the molecule is COC(=O)[C@@H]1C[C@@H](NC(=O)c2ccccc2OC)CN1Cc1ccccc1Cl. The molecule has 1 amide bonds. The summed E-state index contributed by atoms with van der Waals surface area (Å²) in [6, 6.07) is 13.9. The van der Waals surface area contributed by atoms with Gasteiger partial charge in [-0.15, -0.1) is 0 Å². The minimum Gasteiger partial charge on any atom is -0.496 e. The van der Waals surface area contributed by atoms with Crippen molar-refractivity contribution in [3.05, 3.63) is 64.7 Å². The van der Waals surface area contributed by atoms with E-state index in [9.17, 15) is 9.59 Å². The summed E-state index contributed by atoms with van der Waals surface area (Å²) < 4.78 is 10.2. The van der Waals surface area contributed by atoms with Crippen LogP contribution in [0.1, 0.15) is 22.3 Å². The molecule has 2 aromatic rings. The van der Waals surface area contributed by atoms with E-state index in [2.05, 4.69) is 5.32 Å². The number of methoxy groups -OCH3 is 2. The molecule has 0 radical (unpaired) electrons. The number of hydrogen-bond acceptors (Lipinski definition) is 5. The first-order chi connectivity index (χ1) is 13.5. The van der Waals surface area contributed by atoms with Crippen LogP contribution in [0.25, 0.3) is 0 Å². The maximum absolute atomic E-state index is 12.7. The molecular formula is C21H23ClN2O4. The molecule has 0 spiro atoms. The van der Waals surface area contributed by atoms with E-state index in [1.54, 1.807) is 18.2 Å². The zero-order valence-corrected chi connectivity index (χ0v) is 16.6. The van der Waals surface area contributed by atoms with Crippen LogP contribution in [0.3, 0.4) is 0 Å². The maximum atomic E-state index is 12.7. The largest absolute Gasteiger partial charge is 0.496 e. The van der Waals surface area contributed by atoms with E-state index in [0.717, 1.165) is 5.56 Å². The minimum absolute atomic E-state index is 0.191. The lowest BCUT2D eigenvalue weighted by atomic mass is 10.1. The Labute approximate surface area is 169 Å². The number of benzene rings is 2. The average molecular weight is 403 g/mol. The molecule has 2 atom stereocenters. The number of likely N-dealkylation sites (tertiary alicyclic amines) is 1. The lowest BCUT2D eigenvalue weighted by Crippen LogP contribution is -2.37. The Balaban J connectivity index is 1.74. The fraction of sp³-hybridized carbons (Fsp3) is 0.333. The van der Waals surface area contributed by atoms with Gasteiger partial charge in [0.15, 0.2) is 0 Å². The summed E-state index contributed by atoms with van der Waals surface area (Å²) in [6.45, 7) is 1.02. The van der Waals surface area contributed by atoms with Gasteiger partial charge in [0.25, 0.3) is 5.91 Å². The van der Waals surface area contributed by atoms with Crippen LogP contribution < -0.4 is 10.1 Å². The molecule has 6 nitrogen and oxygen atoms in total. The Hall–Kier alpha value is -2.57. The summed E-state index contributed by atoms with van der Waals surface area (Å²) in [5.41, 5.74) is 1.39. The number of carbonyl (C=O) groups excluding carboxylic acids is 2. The molecule has 0 aliphatic carbocycles. The van der Waals surface area contributed by atoms with Gasteiger partial charge >= 0.3 is 5.97 Å². The number of para-hydroxylation sites is 1. The molecule has 0 bridgehead atoms. The maximum Gasteiger partial charge on any atom is 0.323 e. The quantitative estimate of drug-likeness (QED) is 0.752. The van der Waals surface area contributed by atoms with Crippen LogP contribution in [0.5, 0.6) is 5.75 Å². The summed E-state index contributed by atoms with van der Waals surface area (Å²) in [5, 5.41) is 3.65. The zero-order valence-electron chi connectivity index (χ0n) is 15.9. The molecule has 1 saturated heterocycles. The fourth-order valence-corrected chi connectivity index (χ4v) is 3.70. The Morgan fingerprint density at radius 3 is 2.57 bits per heavy atom. The Morgan fingerprint density at radius 2 is 1.86 bits per heavy atom. The van der Waals surface area contributed by atoms with Crippen molar-refractivity contribution < 1.29 is 19.1 Å². The highest BCUT2D eigenvalue weighted by molar-refractivity contribution is 6.31. The number of nitrogens with one attached hydrogen (secondary N) is 1. The van der Waals surface area contributed by atoms with Crippen LogP contribution >= 0.6 is 11.6 Å². The molecular weight excluding hydrogens is 380 g/mol. The summed E-state index contributed by atoms with van der Waals surface area (Å²) >= 11 is 6.27. The van der Waals surface area contributed by atoms with E-state index in [4.69, 9.17) is 21.1 Å². The summed E-state index contributed by atoms with van der Waals surface area (Å²) in [7, 11) is 2.90. The molecule has 1 heterocycles. The van der Waals surface area contributed by atoms with E-state index in [0.29, 0.717) is 35.8 Å². The van der Waals surface area contributed by atoms with E-state index in [-0.39, 0.29) is 17.9 Å². The average Bonchev–Trinajstić information content (AvgIpc) is 3.11. The minimum atomic E-state index is -0.441. The lowest BCUT2D eigenvalue weighted by Gasteiger charge is -2.22. The zero-order chi connectivity index (χ0) is 20.1. The second kappa shape index (κ2) is 9.08. The topological polar surface area (TPSA) is 67.9 Å². The Morgan fingerprint density at radius 1 is 1.14 bits per heavy atom. The fourth-order valence-electron chi connectivity index (χ4n) is 3.50. The monoisotopic (exact) mass is 402 g/mol. The van der Waals surface area contributed by atoms with Crippen LogP contribution in [0, 0.1) is 0 Å². The molecule has 7 heteroatoms. The molecule has 0 unspecified atom stereocenters. The van der Waals surface area contributed by atoms with Gasteiger partial charge in [-0.05, 0) is 30.2 Å². The van der Waals surface area contributed by atoms with E-state index >= 15 is 0 Å². The Bertz CT molecular complexity index is 858. The standard InChI is InChI=1S/C21H23ClN2O4/c1-27-19-10-6-4-8-16(19)20(25)23-15-11-18(21(26)28-2)24(13-15)12-14-7-3-5-9-17(14)22/h3-10,15,18H,11-13H2,1-2H3,(H,23,25)/t15-,18+/m1/s1.